The molecule has 2 aliphatic heterocycles. The molecule has 1 N–H and O–H groups in total. The first kappa shape index (κ1) is 29.8. The molecule has 0 spiro atoms. The summed E-state index contributed by atoms with van der Waals surface area (Å²) < 4.78 is 15.3. The van der Waals surface area contributed by atoms with Crippen LogP contribution in [-0.4, -0.2) is 21.0 Å². The fraction of sp³-hybridized carbons (Fsp3) is 0.171. The molecule has 1 unspecified atom stereocenters. The number of rotatable bonds is 2. The summed E-state index contributed by atoms with van der Waals surface area (Å²) in [5, 5.41) is 11.3. The molecule has 5 nitrogen and oxygen atoms in total. The number of carboxylic acids is 1. The average Bonchev–Trinajstić information content (AvgIpc) is 3.00. The molecule has 0 saturated carbocycles. The molecule has 213 valence electrons. The summed E-state index contributed by atoms with van der Waals surface area (Å²) >= 11 is 0. The molecule has 1 radical (unpaired) electrons. The average molecular weight is 750 g/mol. The molecule has 7 rings (SSSR count). The van der Waals surface area contributed by atoms with Crippen LogP contribution in [0.25, 0.3) is 11.3 Å². The van der Waals surface area contributed by atoms with Gasteiger partial charge in [0.25, 0.3) is 0 Å². The zero-order valence-electron chi connectivity index (χ0n) is 23.8. The van der Waals surface area contributed by atoms with Crippen molar-refractivity contribution in [1.29, 1.82) is 0 Å². The standard InChI is InChI=1S/C29H25NOP.C6H5NO2.Ir/c1-28(2)20-11-5-7-14-25(20)32(31)26-15-8-6-12-21(26)29(3,4)23-18-19(17-22(28)27(23)32)24-13-9-10-16-30-24;8-6(9)5-3-1-2-4-7-5;/h5-17H,1-4H3;1-4H,(H,8,9);/q-1;;. The predicted molar refractivity (Wildman–Crippen MR) is 163 cm³/mol. The second-order valence-electron chi connectivity index (χ2n) is 11.4. The summed E-state index contributed by atoms with van der Waals surface area (Å²) in [7, 11) is -3.04. The fourth-order valence-corrected chi connectivity index (χ4v) is 10.2. The number of nitrogens with zero attached hydrogens (tertiary/aromatic N) is 2. The molecule has 3 aromatic carbocycles. The maximum Gasteiger partial charge on any atom is 0.354 e. The van der Waals surface area contributed by atoms with Gasteiger partial charge in [0.2, 0.25) is 0 Å². The van der Waals surface area contributed by atoms with E-state index in [1.807, 2.05) is 36.5 Å². The Kier molecular flexibility index (Phi) is 7.70. The van der Waals surface area contributed by atoms with Crippen molar-refractivity contribution in [3.8, 4) is 11.3 Å². The molecule has 7 heteroatoms. The summed E-state index contributed by atoms with van der Waals surface area (Å²) in [5.41, 5.74) is 5.79. The second kappa shape index (κ2) is 10.9. The monoisotopic (exact) mass is 750 g/mol. The molecule has 0 amide bonds. The van der Waals surface area contributed by atoms with Crippen LogP contribution in [0.15, 0.2) is 103 Å². The van der Waals surface area contributed by atoms with E-state index in [1.165, 1.54) is 12.3 Å². The third kappa shape index (κ3) is 4.50. The Labute approximate surface area is 259 Å². The summed E-state index contributed by atoms with van der Waals surface area (Å²) in [6, 6.07) is 33.2. The minimum Gasteiger partial charge on any atom is -0.477 e. The zero-order chi connectivity index (χ0) is 29.0. The molecule has 1 atom stereocenters. The Balaban J connectivity index is 0.000000305. The Morgan fingerprint density at radius 2 is 1.29 bits per heavy atom. The Bertz CT molecular complexity index is 1770. The van der Waals surface area contributed by atoms with Gasteiger partial charge < -0.3 is 14.7 Å². The van der Waals surface area contributed by atoms with Crippen molar-refractivity contribution >= 4 is 29.0 Å². The molecule has 4 heterocycles. The van der Waals surface area contributed by atoms with E-state index >= 15 is 4.57 Å². The maximum absolute atomic E-state index is 15.3. The minimum atomic E-state index is -3.04. The van der Waals surface area contributed by atoms with E-state index < -0.39 is 13.1 Å². The van der Waals surface area contributed by atoms with E-state index in [0.717, 1.165) is 49.4 Å². The summed E-state index contributed by atoms with van der Waals surface area (Å²) in [5.74, 6) is -0.990. The van der Waals surface area contributed by atoms with E-state index in [0.29, 0.717) is 0 Å². The largest absolute Gasteiger partial charge is 0.477 e. The van der Waals surface area contributed by atoms with Gasteiger partial charge in [-0.1, -0.05) is 99.7 Å². The number of fused-ring (bicyclic) bond motifs is 4. The Morgan fingerprint density at radius 1 is 0.738 bits per heavy atom. The number of hydrogen-bond acceptors (Lipinski definition) is 4. The van der Waals surface area contributed by atoms with Crippen LogP contribution in [0.1, 0.15) is 60.4 Å². The molecular formula is C35H30IrN2O3P-. The van der Waals surface area contributed by atoms with Crippen LogP contribution in [0, 0.1) is 6.07 Å². The number of pyridine rings is 2. The Morgan fingerprint density at radius 3 is 1.81 bits per heavy atom. The van der Waals surface area contributed by atoms with Crippen LogP contribution in [0.5, 0.6) is 0 Å². The molecule has 0 saturated heterocycles. The third-order valence-corrected chi connectivity index (χ3v) is 11.5. The first-order valence-corrected chi connectivity index (χ1v) is 15.3. The summed E-state index contributed by atoms with van der Waals surface area (Å²) in [6.45, 7) is 8.97. The van der Waals surface area contributed by atoms with Gasteiger partial charge in [0.1, 0.15) is 12.8 Å². The van der Waals surface area contributed by atoms with E-state index in [1.54, 1.807) is 12.1 Å². The normalized spacial score (nSPS) is 18.1. The SMILES string of the molecule is CC1(C)c2[c-]c(-c3ccccn3)cc3c2P(=O)(c2ccccc21)c1ccccc1C3(C)C.O=C(O)c1ccccn1.[Ir]. The van der Waals surface area contributed by atoms with Crippen LogP contribution in [0.4, 0.5) is 0 Å². The van der Waals surface area contributed by atoms with E-state index in [9.17, 15) is 4.79 Å². The zero-order valence-corrected chi connectivity index (χ0v) is 27.0. The Hall–Kier alpha value is -3.69. The number of aromatic carboxylic acids is 1. The number of benzene rings is 3. The van der Waals surface area contributed by atoms with Crippen molar-refractivity contribution in [2.45, 2.75) is 38.5 Å². The predicted octanol–water partition coefficient (Wildman–Crippen LogP) is 6.24. The van der Waals surface area contributed by atoms with Crippen molar-refractivity contribution in [1.82, 2.24) is 9.97 Å². The van der Waals surface area contributed by atoms with Crippen molar-refractivity contribution in [3.63, 3.8) is 0 Å². The molecule has 2 aromatic heterocycles. The molecule has 0 aliphatic carbocycles. The van der Waals surface area contributed by atoms with Gasteiger partial charge in [0, 0.05) is 43.1 Å². The number of carboxylic acid groups (broad SMARTS) is 1. The smallest absolute Gasteiger partial charge is 0.354 e. The second-order valence-corrected chi connectivity index (χ2v) is 14.1. The van der Waals surface area contributed by atoms with E-state index in [4.69, 9.17) is 5.11 Å². The van der Waals surface area contributed by atoms with E-state index in [-0.39, 0.29) is 36.6 Å². The number of aromatic nitrogens is 2. The molecule has 42 heavy (non-hydrogen) atoms. The molecule has 5 aromatic rings. The topological polar surface area (TPSA) is 80.2 Å². The number of hydrogen-bond donors (Lipinski definition) is 1. The van der Waals surface area contributed by atoms with Crippen LogP contribution in [0.3, 0.4) is 0 Å². The maximum atomic E-state index is 15.3. The minimum absolute atomic E-state index is 0. The van der Waals surface area contributed by atoms with Crippen molar-refractivity contribution in [2.24, 2.45) is 0 Å². The van der Waals surface area contributed by atoms with Gasteiger partial charge in [-0.05, 0) is 45.8 Å². The van der Waals surface area contributed by atoms with Crippen LogP contribution >= 0.6 is 7.14 Å². The van der Waals surface area contributed by atoms with Gasteiger partial charge in [-0.3, -0.25) is 0 Å². The first-order valence-electron chi connectivity index (χ1n) is 13.6. The van der Waals surface area contributed by atoms with Crippen LogP contribution < -0.4 is 15.9 Å². The first-order chi connectivity index (χ1) is 19.6. The molecular weight excluding hydrogens is 720 g/mol. The van der Waals surface area contributed by atoms with Crippen LogP contribution in [0.2, 0.25) is 0 Å². The summed E-state index contributed by atoms with van der Waals surface area (Å²) in [4.78, 5) is 18.3. The van der Waals surface area contributed by atoms with Crippen molar-refractivity contribution in [2.75, 3.05) is 0 Å². The number of carbonyl (C=O) groups is 1. The van der Waals surface area contributed by atoms with Gasteiger partial charge in [-0.2, -0.15) is 0 Å². The quantitative estimate of drug-likeness (QED) is 0.171. The van der Waals surface area contributed by atoms with Crippen molar-refractivity contribution < 1.29 is 34.6 Å². The molecule has 0 fully saturated rings. The molecule has 2 aliphatic rings. The van der Waals surface area contributed by atoms with Crippen LogP contribution in [-0.2, 0) is 35.5 Å². The van der Waals surface area contributed by atoms with Crippen molar-refractivity contribution in [3.05, 3.63) is 137 Å². The molecule has 0 bridgehead atoms. The van der Waals surface area contributed by atoms with Gasteiger partial charge in [-0.25, -0.2) is 9.78 Å². The fourth-order valence-electron chi connectivity index (χ4n) is 6.19. The van der Waals surface area contributed by atoms with Gasteiger partial charge in [-0.15, -0.1) is 28.8 Å². The van der Waals surface area contributed by atoms with E-state index in [2.05, 4.69) is 86.2 Å². The third-order valence-electron chi connectivity index (χ3n) is 8.31. The van der Waals surface area contributed by atoms with Gasteiger partial charge in [0.15, 0.2) is 0 Å². The summed E-state index contributed by atoms with van der Waals surface area (Å²) in [6.07, 6.45) is 3.27. The van der Waals surface area contributed by atoms with Gasteiger partial charge >= 0.3 is 5.97 Å². The van der Waals surface area contributed by atoms with Gasteiger partial charge in [0.05, 0.1) is 0 Å².